The number of benzene rings is 2. The van der Waals surface area contributed by atoms with Crippen molar-refractivity contribution in [2.75, 3.05) is 13.2 Å². The van der Waals surface area contributed by atoms with Crippen LogP contribution in [0.15, 0.2) is 64.6 Å². The van der Waals surface area contributed by atoms with E-state index in [1.807, 2.05) is 30.3 Å². The molecule has 1 amide bonds. The van der Waals surface area contributed by atoms with E-state index in [2.05, 4.69) is 15.9 Å². The number of rotatable bonds is 4. The highest BCUT2D eigenvalue weighted by Gasteiger charge is 2.46. The number of ketones is 1. The van der Waals surface area contributed by atoms with Gasteiger partial charge in [-0.05, 0) is 30.5 Å². The topological polar surface area (TPSA) is 66.8 Å². The molecule has 4 rings (SSSR count). The van der Waals surface area contributed by atoms with Crippen LogP contribution in [0.1, 0.15) is 30.0 Å². The summed E-state index contributed by atoms with van der Waals surface area (Å²) in [6.07, 6.45) is 1.71. The molecule has 2 aromatic rings. The van der Waals surface area contributed by atoms with Gasteiger partial charge in [0.15, 0.2) is 0 Å². The summed E-state index contributed by atoms with van der Waals surface area (Å²) < 4.78 is 6.59. The summed E-state index contributed by atoms with van der Waals surface area (Å²) in [5.41, 5.74) is 1.41. The molecule has 2 aromatic carbocycles. The molecule has 0 aromatic heterocycles. The monoisotopic (exact) mass is 441 g/mol. The van der Waals surface area contributed by atoms with Crippen molar-refractivity contribution in [2.24, 2.45) is 0 Å². The van der Waals surface area contributed by atoms with Gasteiger partial charge in [-0.15, -0.1) is 0 Å². The molecule has 2 heterocycles. The summed E-state index contributed by atoms with van der Waals surface area (Å²) >= 11 is 3.42. The first-order chi connectivity index (χ1) is 13.6. The van der Waals surface area contributed by atoms with Crippen molar-refractivity contribution in [3.63, 3.8) is 0 Å². The van der Waals surface area contributed by atoms with Crippen LogP contribution in [0.25, 0.3) is 5.76 Å². The van der Waals surface area contributed by atoms with E-state index >= 15 is 0 Å². The van der Waals surface area contributed by atoms with Gasteiger partial charge in [0.2, 0.25) is 0 Å². The molecule has 2 aliphatic rings. The molecule has 0 radical (unpaired) electrons. The number of hydrogen-bond acceptors (Lipinski definition) is 4. The molecule has 28 heavy (non-hydrogen) atoms. The summed E-state index contributed by atoms with van der Waals surface area (Å²) in [5, 5.41) is 10.9. The van der Waals surface area contributed by atoms with Crippen LogP contribution >= 0.6 is 15.9 Å². The Hall–Kier alpha value is -2.44. The van der Waals surface area contributed by atoms with E-state index in [0.29, 0.717) is 18.7 Å². The molecular formula is C22H20BrNO4. The molecule has 0 bridgehead atoms. The molecule has 6 heteroatoms. The van der Waals surface area contributed by atoms with Crippen LogP contribution in [0.5, 0.6) is 0 Å². The highest BCUT2D eigenvalue weighted by atomic mass is 79.9. The van der Waals surface area contributed by atoms with Crippen LogP contribution in [0.4, 0.5) is 0 Å². The Morgan fingerprint density at radius 1 is 1.11 bits per heavy atom. The number of aliphatic hydroxyl groups is 1. The van der Waals surface area contributed by atoms with Crippen LogP contribution < -0.4 is 0 Å². The fraction of sp³-hybridized carbons (Fsp3) is 0.273. The summed E-state index contributed by atoms with van der Waals surface area (Å²) in [4.78, 5) is 27.3. The zero-order chi connectivity index (χ0) is 19.7. The number of halogens is 1. The predicted octanol–water partition coefficient (Wildman–Crippen LogP) is 4.05. The lowest BCUT2D eigenvalue weighted by Crippen LogP contribution is -2.36. The van der Waals surface area contributed by atoms with Gasteiger partial charge in [0.05, 0.1) is 17.7 Å². The van der Waals surface area contributed by atoms with Crippen LogP contribution in [0.2, 0.25) is 0 Å². The number of nitrogens with zero attached hydrogens (tertiary/aromatic N) is 1. The van der Waals surface area contributed by atoms with E-state index in [1.165, 1.54) is 4.90 Å². The van der Waals surface area contributed by atoms with Gasteiger partial charge >= 0.3 is 0 Å². The Morgan fingerprint density at radius 3 is 2.46 bits per heavy atom. The summed E-state index contributed by atoms with van der Waals surface area (Å²) in [6, 6.07) is 15.7. The minimum atomic E-state index is -0.660. The summed E-state index contributed by atoms with van der Waals surface area (Å²) in [7, 11) is 0. The van der Waals surface area contributed by atoms with Crippen LogP contribution in [0.3, 0.4) is 0 Å². The molecule has 2 atom stereocenters. The minimum Gasteiger partial charge on any atom is -0.507 e. The van der Waals surface area contributed by atoms with Gasteiger partial charge in [-0.3, -0.25) is 9.59 Å². The first kappa shape index (κ1) is 18.9. The number of carbonyl (C=O) groups excluding carboxylic acids is 2. The molecule has 144 valence electrons. The number of amides is 1. The third kappa shape index (κ3) is 3.50. The highest BCUT2D eigenvalue weighted by molar-refractivity contribution is 9.10. The summed E-state index contributed by atoms with van der Waals surface area (Å²) in [6.45, 7) is 0.998. The quantitative estimate of drug-likeness (QED) is 0.441. The number of carbonyl (C=O) groups is 2. The highest BCUT2D eigenvalue weighted by Crippen LogP contribution is 2.40. The zero-order valence-electron chi connectivity index (χ0n) is 15.2. The second-order valence-electron chi connectivity index (χ2n) is 7.00. The number of Topliss-reactive ketones (excluding diaryl/α,β-unsaturated/α-hetero) is 1. The molecule has 5 nitrogen and oxygen atoms in total. The molecule has 2 saturated heterocycles. The Bertz CT molecular complexity index is 917. The SMILES string of the molecule is O=C1C(=O)N(CC2CCCO2)C(c2ccc(Br)cc2)/C1=C(\O)c1ccccc1. The lowest BCUT2D eigenvalue weighted by molar-refractivity contribution is -0.140. The lowest BCUT2D eigenvalue weighted by atomic mass is 9.95. The normalized spacial score (nSPS) is 24.1. The molecule has 0 saturated carbocycles. The molecular weight excluding hydrogens is 422 g/mol. The Balaban J connectivity index is 1.81. The number of hydrogen-bond donors (Lipinski definition) is 1. The maximum atomic E-state index is 12.9. The van der Waals surface area contributed by atoms with Gasteiger partial charge < -0.3 is 14.7 Å². The Morgan fingerprint density at radius 2 is 1.82 bits per heavy atom. The standard InChI is InChI=1S/C22H20BrNO4/c23-16-10-8-14(9-11-16)19-18(20(25)15-5-2-1-3-6-15)21(26)22(27)24(19)13-17-7-4-12-28-17/h1-3,5-6,8-11,17,19,25H,4,7,12-13H2/b20-18+. The van der Waals surface area contributed by atoms with Crippen molar-refractivity contribution < 1.29 is 19.4 Å². The van der Waals surface area contributed by atoms with Crippen molar-refractivity contribution in [3.05, 3.63) is 75.8 Å². The fourth-order valence-corrected chi connectivity index (χ4v) is 4.08. The predicted molar refractivity (Wildman–Crippen MR) is 109 cm³/mol. The maximum Gasteiger partial charge on any atom is 0.295 e. The molecule has 1 N–H and O–H groups in total. The zero-order valence-corrected chi connectivity index (χ0v) is 16.8. The van der Waals surface area contributed by atoms with Gasteiger partial charge in [-0.25, -0.2) is 0 Å². The van der Waals surface area contributed by atoms with Crippen LogP contribution in [-0.2, 0) is 14.3 Å². The van der Waals surface area contributed by atoms with Gasteiger partial charge in [0.25, 0.3) is 11.7 Å². The Kier molecular flexibility index (Phi) is 5.33. The second kappa shape index (κ2) is 7.89. The molecule has 2 aliphatic heterocycles. The minimum absolute atomic E-state index is 0.0899. The number of ether oxygens (including phenoxy) is 1. The maximum absolute atomic E-state index is 12.9. The first-order valence-corrected chi connectivity index (χ1v) is 10.1. The van der Waals surface area contributed by atoms with Gasteiger partial charge in [-0.2, -0.15) is 0 Å². The first-order valence-electron chi connectivity index (χ1n) is 9.27. The number of likely N-dealkylation sites (tertiary alicyclic amines) is 1. The van der Waals surface area contributed by atoms with Crippen LogP contribution in [-0.4, -0.2) is 41.0 Å². The third-order valence-electron chi connectivity index (χ3n) is 5.20. The van der Waals surface area contributed by atoms with E-state index in [-0.39, 0.29) is 17.4 Å². The smallest absolute Gasteiger partial charge is 0.295 e. The average molecular weight is 442 g/mol. The molecule has 2 unspecified atom stereocenters. The van der Waals surface area contributed by atoms with E-state index in [4.69, 9.17) is 4.74 Å². The van der Waals surface area contributed by atoms with Gasteiger partial charge in [-0.1, -0.05) is 58.4 Å². The second-order valence-corrected chi connectivity index (χ2v) is 7.92. The largest absolute Gasteiger partial charge is 0.507 e. The van der Waals surface area contributed by atoms with E-state index in [0.717, 1.165) is 22.9 Å². The van der Waals surface area contributed by atoms with Crippen molar-refractivity contribution in [1.82, 2.24) is 4.90 Å². The van der Waals surface area contributed by atoms with Gasteiger partial charge in [0, 0.05) is 23.2 Å². The molecule has 2 fully saturated rings. The van der Waals surface area contributed by atoms with E-state index in [1.54, 1.807) is 24.3 Å². The molecule has 0 aliphatic carbocycles. The van der Waals surface area contributed by atoms with Crippen molar-refractivity contribution in [1.29, 1.82) is 0 Å². The fourth-order valence-electron chi connectivity index (χ4n) is 3.82. The lowest BCUT2D eigenvalue weighted by Gasteiger charge is -2.27. The Labute approximate surface area is 171 Å². The number of aliphatic hydroxyl groups excluding tert-OH is 1. The third-order valence-corrected chi connectivity index (χ3v) is 5.73. The molecule has 0 spiro atoms. The van der Waals surface area contributed by atoms with E-state index in [9.17, 15) is 14.7 Å². The van der Waals surface area contributed by atoms with Gasteiger partial charge in [0.1, 0.15) is 5.76 Å². The average Bonchev–Trinajstić information content (AvgIpc) is 3.31. The van der Waals surface area contributed by atoms with Crippen molar-refractivity contribution >= 4 is 33.4 Å². The summed E-state index contributed by atoms with van der Waals surface area (Å²) in [5.74, 6) is -1.41. The van der Waals surface area contributed by atoms with Crippen molar-refractivity contribution in [2.45, 2.75) is 25.0 Å². The van der Waals surface area contributed by atoms with Crippen molar-refractivity contribution in [3.8, 4) is 0 Å². The van der Waals surface area contributed by atoms with E-state index < -0.39 is 17.7 Å². The van der Waals surface area contributed by atoms with Crippen LogP contribution in [0, 0.1) is 0 Å².